The van der Waals surface area contributed by atoms with E-state index < -0.39 is 114 Å². The van der Waals surface area contributed by atoms with Gasteiger partial charge in [-0.3, -0.25) is 29.9 Å². The maximum absolute atomic E-state index is 12.8. The van der Waals surface area contributed by atoms with Crippen molar-refractivity contribution in [1.82, 2.24) is 29.9 Å². The Balaban J connectivity index is 0.000000303. The van der Waals surface area contributed by atoms with E-state index in [1.165, 1.54) is 99.1 Å². The third-order valence-corrected chi connectivity index (χ3v) is 30.0. The van der Waals surface area contributed by atoms with Crippen molar-refractivity contribution in [3.05, 3.63) is 416 Å². The maximum atomic E-state index is 12.8. The van der Waals surface area contributed by atoms with Crippen LogP contribution in [-0.2, 0) is 91.4 Å². The zero-order valence-electron chi connectivity index (χ0n) is 77.0. The molecule has 0 atom stereocenters. The number of sulfone groups is 2. The Morgan fingerprint density at radius 1 is 0.393 bits per heavy atom. The first kappa shape index (κ1) is 129. The molecule has 0 spiro atoms. The summed E-state index contributed by atoms with van der Waals surface area (Å²) in [4.78, 5) is 58.1. The van der Waals surface area contributed by atoms with E-state index >= 15 is 0 Å². The van der Waals surface area contributed by atoms with Crippen molar-refractivity contribution in [2.75, 3.05) is 23.7 Å². The van der Waals surface area contributed by atoms with Crippen molar-refractivity contribution in [2.24, 2.45) is 0 Å². The molecule has 54 heteroatoms. The Bertz CT molecular complexity index is 7700. The summed E-state index contributed by atoms with van der Waals surface area (Å²) in [5, 5.41) is 19.8. The number of aromatic hydroxyl groups is 1. The topological polar surface area (TPSA) is 461 Å². The van der Waals surface area contributed by atoms with Crippen molar-refractivity contribution >= 4 is 193 Å². The number of rotatable bonds is 22. The Hall–Kier alpha value is -11.1. The number of carbonyl (C=O) groups excluding carboxylic acids is 2. The van der Waals surface area contributed by atoms with Gasteiger partial charge in [0.15, 0.2) is 25.4 Å². The van der Waals surface area contributed by atoms with Crippen molar-refractivity contribution in [3.8, 4) is 44.9 Å². The number of aromatic carboxylic acids is 1. The molecule has 0 fully saturated rings. The molecule has 0 amide bonds. The largest absolute Gasteiger partial charge is 1.00 e. The molecule has 0 radical (unpaired) electrons. The van der Waals surface area contributed by atoms with E-state index in [2.05, 4.69) is 75.7 Å². The van der Waals surface area contributed by atoms with Crippen LogP contribution in [0.25, 0.3) is 33.4 Å². The van der Waals surface area contributed by atoms with Crippen LogP contribution in [0.15, 0.2) is 367 Å². The third-order valence-electron chi connectivity index (χ3n) is 18.2. The third kappa shape index (κ3) is 41.5. The predicted molar refractivity (Wildman–Crippen MR) is 553 cm³/mol. The quantitative estimate of drug-likeness (QED) is 0.00563. The van der Waals surface area contributed by atoms with Crippen molar-refractivity contribution in [2.45, 2.75) is 59.1 Å². The molecule has 788 valence electrons. The number of carbonyl (C=O) groups is 3. The van der Waals surface area contributed by atoms with E-state index in [4.69, 9.17) is 95.9 Å². The van der Waals surface area contributed by atoms with E-state index in [1.807, 2.05) is 146 Å². The summed E-state index contributed by atoms with van der Waals surface area (Å²) < 4.78 is 260. The summed E-state index contributed by atoms with van der Waals surface area (Å²) in [5.74, 6) is -1.75. The monoisotopic (exact) mass is 2390 g/mol. The number of nitrogen functional groups attached to an aromatic ring is 1. The Morgan fingerprint density at radius 3 is 1.07 bits per heavy atom. The number of nitrogens with zero attached hydrogens (tertiary/aromatic N) is 7. The zero-order chi connectivity index (χ0) is 110. The predicted octanol–water partition coefficient (Wildman–Crippen LogP) is 21.2. The molecule has 0 aliphatic heterocycles. The molecule has 0 saturated heterocycles. The van der Waals surface area contributed by atoms with Gasteiger partial charge in [0.1, 0.15) is 10.6 Å². The molecule has 29 nitrogen and oxygen atoms in total. The fourth-order valence-corrected chi connectivity index (χ4v) is 20.3. The van der Waals surface area contributed by atoms with Crippen LogP contribution < -0.4 is 65.0 Å². The summed E-state index contributed by atoms with van der Waals surface area (Å²) >= 11 is 39.6. The SMILES string of the molecule is COC(=O)c1ccc(-c2ccccc2)cc1CS(=O)(=O)c1cncc(Cl)c1.COC(=O)c1ccc(-c2ccccc2)cc1N.Clc1cncc(SCc2ccccc2)c1.O=C(O)c1ccc(-c2ccccc2)cc1CS(=O)(=O)c1cncc(Cl)c1.O=S(=O)(Cl)c1cncc(Cl)c1.O=S(=O)(N(c1ccccc1)S(=O)(=O)C(F)(F)F)C(F)(F)F.O=S(=O)(Oc1cncc(Cl)c1)C(F)(F)F.Oc1cncc(Cl)c1.SCc1ccccc1.[K+].[OH-]. The van der Waals surface area contributed by atoms with Crippen LogP contribution in [0.3, 0.4) is 0 Å². The molecule has 0 bridgehead atoms. The average Bonchev–Trinajstić information content (AvgIpc) is 0.737. The van der Waals surface area contributed by atoms with Crippen LogP contribution in [-0.4, -0.2) is 145 Å². The number of hydrogen-bond donors (Lipinski definition) is 4. The van der Waals surface area contributed by atoms with Gasteiger partial charge in [-0.1, -0.05) is 258 Å². The second-order valence-corrected chi connectivity index (χ2v) is 44.6. The molecule has 6 aromatic heterocycles. The number of carboxylic acids is 1. The van der Waals surface area contributed by atoms with E-state index in [-0.39, 0.29) is 120 Å². The number of methoxy groups -OCH3 is 2. The van der Waals surface area contributed by atoms with Crippen LogP contribution in [0, 0.1) is 0 Å². The van der Waals surface area contributed by atoms with E-state index in [0.29, 0.717) is 39.0 Å². The number of thiol groups is 1. The number of carboxylic acid groups (broad SMARTS) is 1. The van der Waals surface area contributed by atoms with Crippen molar-refractivity contribution in [1.29, 1.82) is 0 Å². The fraction of sp³-hybridized carbons (Fsp3) is 0.0938. The van der Waals surface area contributed by atoms with E-state index in [9.17, 15) is 110 Å². The number of halogens is 16. The molecule has 150 heavy (non-hydrogen) atoms. The van der Waals surface area contributed by atoms with E-state index in [1.54, 1.807) is 60.4 Å². The summed E-state index contributed by atoms with van der Waals surface area (Å²) in [5.41, 5.74) is -3.94. The first-order chi connectivity index (χ1) is 69.5. The van der Waals surface area contributed by atoms with Gasteiger partial charge in [0.2, 0.25) is 0 Å². The minimum atomic E-state index is -6.81. The molecule has 15 aromatic rings. The smallest absolute Gasteiger partial charge is 0.870 e. The number of thioether (sulfide) groups is 1. The number of benzene rings is 9. The minimum Gasteiger partial charge on any atom is -0.870 e. The van der Waals surface area contributed by atoms with Crippen LogP contribution in [0.2, 0.25) is 30.1 Å². The van der Waals surface area contributed by atoms with Crippen LogP contribution in [0.5, 0.6) is 11.5 Å². The normalized spacial score (nSPS) is 11.1. The fourth-order valence-electron chi connectivity index (χ4n) is 11.4. The summed E-state index contributed by atoms with van der Waals surface area (Å²) in [6.07, 6.45) is 15.8. The van der Waals surface area contributed by atoms with Gasteiger partial charge >= 0.3 is 116 Å². The second kappa shape index (κ2) is 60.4. The molecular formula is C96H77Cl7F9KN8O21S8. The van der Waals surface area contributed by atoms with Gasteiger partial charge in [0.05, 0.1) is 100 Å². The van der Waals surface area contributed by atoms with E-state index in [0.717, 1.165) is 92.6 Å². The molecule has 5 N–H and O–H groups in total. The summed E-state index contributed by atoms with van der Waals surface area (Å²) in [6, 6.07) is 76.2. The van der Waals surface area contributed by atoms with Gasteiger partial charge in [0, 0.05) is 107 Å². The van der Waals surface area contributed by atoms with Crippen LogP contribution in [0.1, 0.15) is 53.3 Å². The minimum absolute atomic E-state index is 0. The second-order valence-electron chi connectivity index (χ2n) is 28.8. The number of aromatic nitrogens is 6. The number of para-hydroxylation sites is 1. The molecular weight excluding hydrogens is 2320 g/mol. The van der Waals surface area contributed by atoms with Crippen molar-refractivity contribution in [3.63, 3.8) is 0 Å². The van der Waals surface area contributed by atoms with Gasteiger partial charge in [-0.05, 0) is 128 Å². The van der Waals surface area contributed by atoms with Gasteiger partial charge < -0.3 is 35.1 Å². The number of pyridine rings is 6. The summed E-state index contributed by atoms with van der Waals surface area (Å²) in [6.45, 7) is 0. The molecule has 0 aliphatic rings. The maximum Gasteiger partial charge on any atom is 1.00 e. The zero-order valence-corrected chi connectivity index (χ0v) is 92.0. The number of sulfonamides is 2. The van der Waals surface area contributed by atoms with Gasteiger partial charge in [0.25, 0.3) is 9.05 Å². The molecule has 0 aliphatic carbocycles. The standard InChI is InChI=1S/C20H16ClNO4S.C19H14ClNO4S.C14H13NO2.C12H10ClNS.C8H5F6NO4S2.C7H8S.C6H3ClF3NO3S.C5H3Cl2NO2S.C5H4ClNO.K.H2O/c1-26-20(23)19-8-7-15(14-5-3-2-4-6-14)9-16(19)13-27(24,25)18-10-17(21)11-22-12-18;20-16-9-17(11-21-10-16)26(24,25)12-15-8-14(6-7-18(15)19(22)23)13-4-2-1-3-5-13;1-17-14(16)12-8-7-11(9-13(12)15)10-5-3-2-4-6-10;13-11-6-12(8-14-7-11)15-9-10-4-2-1-3-5-10;9-7(10,11)20(16,17)15(6-4-2-1-3-5-6)21(18,19)8(12,13)14;8-6-7-4-2-1-3-5-7;7-4-1-5(3-11-2-4)14-15(12,13)6(8,9)10;6-4-1-5(3-8-2-4)11(7,9)10;6-4-1-5(8)3-7-2-4;;/h2-12H,13H2,1H3;1-11H,12H2,(H,22,23);2-9H,15H2,1H3;1-8H,9H2;1-5H;1-5,8H,6H2;1-3H;1-3H;1-3,8H;;1H2/q;;;;;;;;;+1;/p-1. The number of anilines is 2. The Morgan fingerprint density at radius 2 is 0.727 bits per heavy atom. The molecule has 15 rings (SSSR count). The number of nitrogens with two attached hydrogens (primary N) is 1. The number of esters is 2. The summed E-state index contributed by atoms with van der Waals surface area (Å²) in [7, 11) is -22.9. The molecule has 9 aromatic carbocycles. The first-order valence-corrected chi connectivity index (χ1v) is 54.5. The average molecular weight is 2390 g/mol. The number of alkyl halides is 9. The molecule has 6 heterocycles. The Kier molecular flexibility index (Phi) is 52.0. The van der Waals surface area contributed by atoms with Gasteiger partial charge in [-0.15, -0.1) is 15.5 Å². The van der Waals surface area contributed by atoms with Gasteiger partial charge in [-0.2, -0.15) is 77.4 Å². The number of hydrogen-bond acceptors (Lipinski definition) is 29. The number of ether oxygens (including phenoxy) is 2. The molecule has 0 unspecified atom stereocenters. The van der Waals surface area contributed by atoms with Crippen LogP contribution >= 0.6 is 105 Å². The Labute approximate surface area is 942 Å². The first-order valence-electron chi connectivity index (χ1n) is 40.8. The van der Waals surface area contributed by atoms with Crippen molar-refractivity contribution < 1.29 is 185 Å². The van der Waals surface area contributed by atoms with Crippen LogP contribution in [0.4, 0.5) is 50.9 Å². The molecule has 0 saturated carbocycles. The van der Waals surface area contributed by atoms with Gasteiger partial charge in [-0.25, -0.2) is 39.6 Å².